The van der Waals surface area contributed by atoms with Gasteiger partial charge in [-0.25, -0.2) is 4.79 Å². The summed E-state index contributed by atoms with van der Waals surface area (Å²) >= 11 is 0. The third-order valence-corrected chi connectivity index (χ3v) is 2.77. The molecule has 0 aromatic carbocycles. The topological polar surface area (TPSA) is 70.4 Å². The van der Waals surface area contributed by atoms with E-state index < -0.39 is 23.7 Å². The van der Waals surface area contributed by atoms with Gasteiger partial charge in [-0.2, -0.15) is 5.26 Å². The lowest BCUT2D eigenvalue weighted by molar-refractivity contribution is -0.122. The highest BCUT2D eigenvalue weighted by atomic mass is 16.6. The molecule has 0 saturated carbocycles. The van der Waals surface area contributed by atoms with Crippen LogP contribution in [0.1, 0.15) is 34.6 Å². The Morgan fingerprint density at radius 2 is 2.06 bits per heavy atom. The molecule has 1 fully saturated rings. The molecule has 2 unspecified atom stereocenters. The molecule has 0 N–H and O–H groups in total. The molecule has 18 heavy (non-hydrogen) atoms. The zero-order valence-corrected chi connectivity index (χ0v) is 11.6. The van der Waals surface area contributed by atoms with Crippen LogP contribution in [0.15, 0.2) is 0 Å². The van der Waals surface area contributed by atoms with Crippen LogP contribution in [-0.2, 0) is 9.53 Å². The van der Waals surface area contributed by atoms with Gasteiger partial charge < -0.3 is 4.74 Å². The summed E-state index contributed by atoms with van der Waals surface area (Å²) in [5.74, 6) is -0.938. The number of ether oxygens (including phenoxy) is 1. The van der Waals surface area contributed by atoms with E-state index in [9.17, 15) is 9.59 Å². The number of hydrogen-bond acceptors (Lipinski definition) is 4. The van der Waals surface area contributed by atoms with Crippen LogP contribution in [-0.4, -0.2) is 35.0 Å². The molecule has 0 spiro atoms. The van der Waals surface area contributed by atoms with Crippen LogP contribution >= 0.6 is 0 Å². The minimum absolute atomic E-state index is 0.0247. The third kappa shape index (κ3) is 3.00. The van der Waals surface area contributed by atoms with E-state index in [4.69, 9.17) is 10.00 Å². The van der Waals surface area contributed by atoms with E-state index in [-0.39, 0.29) is 18.2 Å². The molecule has 5 heteroatoms. The van der Waals surface area contributed by atoms with Crippen LogP contribution in [0.2, 0.25) is 0 Å². The minimum atomic E-state index is -0.732. The van der Waals surface area contributed by atoms with Crippen molar-refractivity contribution >= 4 is 11.9 Å². The molecule has 1 aliphatic heterocycles. The van der Waals surface area contributed by atoms with Crippen molar-refractivity contribution in [3.05, 3.63) is 0 Å². The van der Waals surface area contributed by atoms with Crippen molar-refractivity contribution in [1.29, 1.82) is 5.26 Å². The SMILES string of the molecule is CC(C)C1C(=O)C(C#N)CN1C(=O)OC(C)(C)C. The van der Waals surface area contributed by atoms with Gasteiger partial charge in [0, 0.05) is 6.54 Å². The van der Waals surface area contributed by atoms with E-state index in [1.807, 2.05) is 19.9 Å². The predicted molar refractivity (Wildman–Crippen MR) is 65.7 cm³/mol. The summed E-state index contributed by atoms with van der Waals surface area (Å²) in [6, 6.07) is 1.40. The molecule has 1 aliphatic rings. The zero-order valence-electron chi connectivity index (χ0n) is 11.6. The molecule has 1 amide bonds. The fraction of sp³-hybridized carbons (Fsp3) is 0.769. The summed E-state index contributed by atoms with van der Waals surface area (Å²) in [6.07, 6.45) is -0.521. The number of likely N-dealkylation sites (tertiary alicyclic amines) is 1. The second-order valence-electron chi connectivity index (χ2n) is 5.91. The Kier molecular flexibility index (Phi) is 4.00. The van der Waals surface area contributed by atoms with E-state index in [1.165, 1.54) is 4.90 Å². The quantitative estimate of drug-likeness (QED) is 0.715. The Morgan fingerprint density at radius 1 is 1.50 bits per heavy atom. The van der Waals surface area contributed by atoms with Gasteiger partial charge in [0.05, 0.1) is 12.1 Å². The van der Waals surface area contributed by atoms with Crippen molar-refractivity contribution in [3.63, 3.8) is 0 Å². The second kappa shape index (κ2) is 4.97. The smallest absolute Gasteiger partial charge is 0.410 e. The van der Waals surface area contributed by atoms with Crippen LogP contribution in [0.4, 0.5) is 4.79 Å². The molecule has 1 heterocycles. The highest BCUT2D eigenvalue weighted by molar-refractivity contribution is 5.94. The number of rotatable bonds is 1. The molecule has 0 aromatic rings. The lowest BCUT2D eigenvalue weighted by atomic mass is 9.97. The number of carbonyl (C=O) groups excluding carboxylic acids is 2. The largest absolute Gasteiger partial charge is 0.444 e. The Balaban J connectivity index is 2.90. The van der Waals surface area contributed by atoms with Crippen molar-refractivity contribution in [2.45, 2.75) is 46.3 Å². The second-order valence-corrected chi connectivity index (χ2v) is 5.91. The Bertz CT molecular complexity index is 390. The molecular formula is C13H20N2O3. The fourth-order valence-corrected chi connectivity index (χ4v) is 2.06. The van der Waals surface area contributed by atoms with Crippen LogP contribution < -0.4 is 0 Å². The molecule has 0 radical (unpaired) electrons. The number of nitrogens with zero attached hydrogens (tertiary/aromatic N) is 2. The first-order chi connectivity index (χ1) is 8.17. The first-order valence-corrected chi connectivity index (χ1v) is 6.10. The Labute approximate surface area is 108 Å². The van der Waals surface area contributed by atoms with Crippen LogP contribution in [0.5, 0.6) is 0 Å². The molecular weight excluding hydrogens is 232 g/mol. The van der Waals surface area contributed by atoms with Crippen molar-refractivity contribution < 1.29 is 14.3 Å². The molecule has 0 aliphatic carbocycles. The summed E-state index contributed by atoms with van der Waals surface area (Å²) in [5.41, 5.74) is -0.605. The van der Waals surface area contributed by atoms with Gasteiger partial charge in [-0.3, -0.25) is 9.69 Å². The highest BCUT2D eigenvalue weighted by Crippen LogP contribution is 2.26. The summed E-state index contributed by atoms with van der Waals surface area (Å²) < 4.78 is 5.27. The maximum Gasteiger partial charge on any atom is 0.410 e. The predicted octanol–water partition coefficient (Wildman–Crippen LogP) is 1.97. The number of ketones is 1. The highest BCUT2D eigenvalue weighted by Gasteiger charge is 2.45. The zero-order chi connectivity index (χ0) is 14.1. The molecule has 0 aromatic heterocycles. The first kappa shape index (κ1) is 14.5. The van der Waals surface area contributed by atoms with Gasteiger partial charge in [0.2, 0.25) is 0 Å². The van der Waals surface area contributed by atoms with Gasteiger partial charge in [-0.05, 0) is 26.7 Å². The monoisotopic (exact) mass is 252 g/mol. The van der Waals surface area contributed by atoms with Crippen molar-refractivity contribution in [2.24, 2.45) is 11.8 Å². The van der Waals surface area contributed by atoms with Crippen LogP contribution in [0.3, 0.4) is 0 Å². The number of hydrogen-bond donors (Lipinski definition) is 0. The molecule has 1 rings (SSSR count). The third-order valence-electron chi connectivity index (χ3n) is 2.77. The van der Waals surface area contributed by atoms with Gasteiger partial charge >= 0.3 is 6.09 Å². The van der Waals surface area contributed by atoms with Crippen molar-refractivity contribution in [1.82, 2.24) is 4.90 Å². The van der Waals surface area contributed by atoms with E-state index in [0.717, 1.165) is 0 Å². The minimum Gasteiger partial charge on any atom is -0.444 e. The van der Waals surface area contributed by atoms with Crippen LogP contribution in [0, 0.1) is 23.2 Å². The molecule has 2 atom stereocenters. The van der Waals surface area contributed by atoms with E-state index in [1.54, 1.807) is 20.8 Å². The molecule has 5 nitrogen and oxygen atoms in total. The Hall–Kier alpha value is -1.57. The van der Waals surface area contributed by atoms with Gasteiger partial charge in [0.25, 0.3) is 0 Å². The normalized spacial score (nSPS) is 24.3. The van der Waals surface area contributed by atoms with Crippen molar-refractivity contribution in [3.8, 4) is 6.07 Å². The summed E-state index contributed by atoms with van der Waals surface area (Å²) in [6.45, 7) is 9.17. The Morgan fingerprint density at radius 3 is 2.44 bits per heavy atom. The van der Waals surface area contributed by atoms with E-state index in [2.05, 4.69) is 0 Å². The first-order valence-electron chi connectivity index (χ1n) is 6.10. The van der Waals surface area contributed by atoms with Gasteiger partial charge in [0.1, 0.15) is 11.5 Å². The maximum absolute atomic E-state index is 12.0. The lowest BCUT2D eigenvalue weighted by Gasteiger charge is -2.29. The number of carbonyl (C=O) groups is 2. The van der Waals surface area contributed by atoms with Gasteiger partial charge in [-0.1, -0.05) is 13.8 Å². The van der Waals surface area contributed by atoms with E-state index in [0.29, 0.717) is 0 Å². The standard InChI is InChI=1S/C13H20N2O3/c1-8(2)10-11(16)9(6-14)7-15(10)12(17)18-13(3,4)5/h8-10H,7H2,1-5H3. The molecule has 0 bridgehead atoms. The maximum atomic E-state index is 12.0. The van der Waals surface area contributed by atoms with Gasteiger partial charge in [-0.15, -0.1) is 0 Å². The number of nitriles is 1. The molecule has 1 saturated heterocycles. The van der Waals surface area contributed by atoms with Gasteiger partial charge in [0.15, 0.2) is 5.78 Å². The van der Waals surface area contributed by atoms with E-state index >= 15 is 0 Å². The average molecular weight is 252 g/mol. The lowest BCUT2D eigenvalue weighted by Crippen LogP contribution is -2.44. The summed E-state index contributed by atoms with van der Waals surface area (Å²) in [7, 11) is 0. The number of Topliss-reactive ketones (excluding diaryl/α,β-unsaturated/α-hetero) is 1. The fourth-order valence-electron chi connectivity index (χ4n) is 2.06. The van der Waals surface area contributed by atoms with Crippen LogP contribution in [0.25, 0.3) is 0 Å². The number of amides is 1. The average Bonchev–Trinajstić information content (AvgIpc) is 2.52. The summed E-state index contributed by atoms with van der Waals surface area (Å²) in [5, 5.41) is 8.92. The van der Waals surface area contributed by atoms with Crippen molar-refractivity contribution in [2.75, 3.05) is 6.54 Å². The summed E-state index contributed by atoms with van der Waals surface area (Å²) in [4.78, 5) is 25.4. The molecule has 100 valence electrons.